The molecule has 1 amide bonds. The van der Waals surface area contributed by atoms with Crippen molar-refractivity contribution in [2.45, 2.75) is 13.8 Å². The van der Waals surface area contributed by atoms with Crippen LogP contribution in [0.1, 0.15) is 17.0 Å². The van der Waals surface area contributed by atoms with E-state index in [9.17, 15) is 10.1 Å². The van der Waals surface area contributed by atoms with Crippen molar-refractivity contribution >= 4 is 23.4 Å². The maximum atomic E-state index is 12.5. The van der Waals surface area contributed by atoms with Gasteiger partial charge < -0.3 is 14.8 Å². The molecule has 0 fully saturated rings. The highest BCUT2D eigenvalue weighted by Gasteiger charge is 2.14. The number of para-hydroxylation sites is 1. The molecule has 3 rings (SSSR count). The van der Waals surface area contributed by atoms with Gasteiger partial charge in [0, 0.05) is 42.5 Å². The SMILES string of the molecule is Cc1cc(C=C(C#N)C(=O)Nc2ccccc2)c(C)n1-c1ccc(N(C)C)cc1. The molecule has 0 spiro atoms. The topological polar surface area (TPSA) is 61.1 Å². The summed E-state index contributed by atoms with van der Waals surface area (Å²) in [6, 6.07) is 21.4. The lowest BCUT2D eigenvalue weighted by atomic mass is 10.1. The molecule has 1 N–H and O–H groups in total. The van der Waals surface area contributed by atoms with E-state index in [-0.39, 0.29) is 5.57 Å². The van der Waals surface area contributed by atoms with Gasteiger partial charge in [-0.25, -0.2) is 0 Å². The van der Waals surface area contributed by atoms with E-state index >= 15 is 0 Å². The van der Waals surface area contributed by atoms with Gasteiger partial charge in [0.05, 0.1) is 0 Å². The number of nitrogens with zero attached hydrogens (tertiary/aromatic N) is 3. The summed E-state index contributed by atoms with van der Waals surface area (Å²) < 4.78 is 2.12. The number of nitrogens with one attached hydrogen (secondary N) is 1. The summed E-state index contributed by atoms with van der Waals surface area (Å²) in [6.07, 6.45) is 1.64. The number of carbonyl (C=O) groups excluding carboxylic acids is 1. The first kappa shape index (κ1) is 20.0. The van der Waals surface area contributed by atoms with E-state index in [1.54, 1.807) is 18.2 Å². The fourth-order valence-corrected chi connectivity index (χ4v) is 3.25. The standard InChI is InChI=1S/C24H24N4O/c1-17-14-19(15-20(16-25)24(29)26-21-8-6-5-7-9-21)18(2)28(17)23-12-10-22(11-13-23)27(3)4/h5-15H,1-4H3,(H,26,29). The van der Waals surface area contributed by atoms with Crippen LogP contribution in [0.15, 0.2) is 66.2 Å². The van der Waals surface area contributed by atoms with Crippen molar-refractivity contribution in [2.75, 3.05) is 24.3 Å². The Morgan fingerprint density at radius 1 is 1.07 bits per heavy atom. The smallest absolute Gasteiger partial charge is 0.266 e. The van der Waals surface area contributed by atoms with E-state index in [1.165, 1.54) is 0 Å². The third kappa shape index (κ3) is 4.39. The molecular weight excluding hydrogens is 360 g/mol. The molecular formula is C24H24N4O. The molecule has 1 aromatic heterocycles. The van der Waals surface area contributed by atoms with E-state index in [0.29, 0.717) is 5.69 Å². The van der Waals surface area contributed by atoms with Crippen LogP contribution in [0.3, 0.4) is 0 Å². The summed E-state index contributed by atoms with van der Waals surface area (Å²) >= 11 is 0. The molecule has 146 valence electrons. The number of hydrogen-bond acceptors (Lipinski definition) is 3. The van der Waals surface area contributed by atoms with Crippen LogP contribution in [-0.2, 0) is 4.79 Å². The number of amides is 1. The Balaban J connectivity index is 1.92. The van der Waals surface area contributed by atoms with E-state index in [1.807, 2.05) is 58.3 Å². The Labute approximate surface area is 171 Å². The second-order valence-electron chi connectivity index (χ2n) is 7.06. The van der Waals surface area contributed by atoms with E-state index in [0.717, 1.165) is 28.3 Å². The molecule has 5 nitrogen and oxygen atoms in total. The summed E-state index contributed by atoms with van der Waals surface area (Å²) in [5.41, 5.74) is 5.74. The van der Waals surface area contributed by atoms with Crippen LogP contribution in [0.4, 0.5) is 11.4 Å². The predicted molar refractivity (Wildman–Crippen MR) is 118 cm³/mol. The molecule has 0 saturated carbocycles. The van der Waals surface area contributed by atoms with Crippen molar-refractivity contribution in [3.63, 3.8) is 0 Å². The quantitative estimate of drug-likeness (QED) is 0.512. The Morgan fingerprint density at radius 2 is 1.72 bits per heavy atom. The molecule has 5 heteroatoms. The maximum Gasteiger partial charge on any atom is 0.266 e. The van der Waals surface area contributed by atoms with Crippen LogP contribution in [-0.4, -0.2) is 24.6 Å². The van der Waals surface area contributed by atoms with Crippen LogP contribution in [0.25, 0.3) is 11.8 Å². The fourth-order valence-electron chi connectivity index (χ4n) is 3.25. The minimum Gasteiger partial charge on any atom is -0.378 e. The van der Waals surface area contributed by atoms with Gasteiger partial charge in [0.2, 0.25) is 0 Å². The summed E-state index contributed by atoms with van der Waals surface area (Å²) in [6.45, 7) is 4.00. The molecule has 3 aromatic rings. The van der Waals surface area contributed by atoms with Crippen molar-refractivity contribution < 1.29 is 4.79 Å². The number of nitriles is 1. The third-order valence-electron chi connectivity index (χ3n) is 4.79. The minimum absolute atomic E-state index is 0.0667. The van der Waals surface area contributed by atoms with Gasteiger partial charge in [-0.15, -0.1) is 0 Å². The zero-order chi connectivity index (χ0) is 21.0. The van der Waals surface area contributed by atoms with Crippen molar-refractivity contribution in [2.24, 2.45) is 0 Å². The second-order valence-corrected chi connectivity index (χ2v) is 7.06. The second kappa shape index (κ2) is 8.49. The first-order valence-corrected chi connectivity index (χ1v) is 9.35. The van der Waals surface area contributed by atoms with Gasteiger partial charge in [0.1, 0.15) is 11.6 Å². The Hall–Kier alpha value is -3.78. The van der Waals surface area contributed by atoms with E-state index < -0.39 is 5.91 Å². The minimum atomic E-state index is -0.418. The molecule has 0 aliphatic carbocycles. The number of rotatable bonds is 5. The van der Waals surface area contributed by atoms with E-state index in [2.05, 4.69) is 39.0 Å². The molecule has 0 bridgehead atoms. The van der Waals surface area contributed by atoms with Gasteiger partial charge in [-0.3, -0.25) is 4.79 Å². The zero-order valence-electron chi connectivity index (χ0n) is 17.1. The van der Waals surface area contributed by atoms with Crippen molar-refractivity contribution in [1.29, 1.82) is 5.26 Å². The first-order chi connectivity index (χ1) is 13.9. The zero-order valence-corrected chi connectivity index (χ0v) is 17.1. The number of anilines is 2. The Bertz CT molecular complexity index is 1080. The highest BCUT2D eigenvalue weighted by atomic mass is 16.1. The summed E-state index contributed by atoms with van der Waals surface area (Å²) in [5, 5.41) is 12.3. The number of carbonyl (C=O) groups is 1. The molecule has 0 unspecified atom stereocenters. The number of benzene rings is 2. The summed E-state index contributed by atoms with van der Waals surface area (Å²) in [4.78, 5) is 14.6. The summed E-state index contributed by atoms with van der Waals surface area (Å²) in [7, 11) is 4.02. The van der Waals surface area contributed by atoms with Gasteiger partial charge in [0.15, 0.2) is 0 Å². The molecule has 2 aromatic carbocycles. The average molecular weight is 384 g/mol. The van der Waals surface area contributed by atoms with Crippen molar-refractivity contribution in [3.8, 4) is 11.8 Å². The van der Waals surface area contributed by atoms with Crippen molar-refractivity contribution in [3.05, 3.63) is 83.2 Å². The van der Waals surface area contributed by atoms with Gasteiger partial charge in [0.25, 0.3) is 5.91 Å². The highest BCUT2D eigenvalue weighted by Crippen LogP contribution is 2.24. The van der Waals surface area contributed by atoms with Gasteiger partial charge in [-0.2, -0.15) is 5.26 Å². The lowest BCUT2D eigenvalue weighted by molar-refractivity contribution is -0.112. The molecule has 0 radical (unpaired) electrons. The number of hydrogen-bond donors (Lipinski definition) is 1. The highest BCUT2D eigenvalue weighted by molar-refractivity contribution is 6.09. The molecule has 0 aliphatic heterocycles. The summed E-state index contributed by atoms with van der Waals surface area (Å²) in [5.74, 6) is -0.418. The largest absolute Gasteiger partial charge is 0.378 e. The predicted octanol–water partition coefficient (Wildman–Crippen LogP) is 4.71. The van der Waals surface area contributed by atoms with Gasteiger partial charge in [-0.05, 0) is 68.0 Å². The van der Waals surface area contributed by atoms with Crippen LogP contribution in [0.2, 0.25) is 0 Å². The first-order valence-electron chi connectivity index (χ1n) is 9.35. The number of aromatic nitrogens is 1. The van der Waals surface area contributed by atoms with Crippen LogP contribution in [0.5, 0.6) is 0 Å². The van der Waals surface area contributed by atoms with Gasteiger partial charge in [-0.1, -0.05) is 18.2 Å². The molecule has 1 heterocycles. The van der Waals surface area contributed by atoms with E-state index in [4.69, 9.17) is 0 Å². The Kier molecular flexibility index (Phi) is 5.85. The van der Waals surface area contributed by atoms with Crippen molar-refractivity contribution in [1.82, 2.24) is 4.57 Å². The number of aryl methyl sites for hydroxylation is 1. The molecule has 0 atom stereocenters. The van der Waals surface area contributed by atoms with Crippen LogP contribution >= 0.6 is 0 Å². The Morgan fingerprint density at radius 3 is 2.31 bits per heavy atom. The van der Waals surface area contributed by atoms with Crippen LogP contribution < -0.4 is 10.2 Å². The average Bonchev–Trinajstić information content (AvgIpc) is 2.99. The van der Waals surface area contributed by atoms with Crippen LogP contribution in [0, 0.1) is 25.2 Å². The monoisotopic (exact) mass is 384 g/mol. The fraction of sp³-hybridized carbons (Fsp3) is 0.167. The van der Waals surface area contributed by atoms with Gasteiger partial charge >= 0.3 is 0 Å². The lowest BCUT2D eigenvalue weighted by Gasteiger charge is -2.14. The third-order valence-corrected chi connectivity index (χ3v) is 4.79. The molecule has 0 aliphatic rings. The normalized spacial score (nSPS) is 11.1. The molecule has 0 saturated heterocycles. The maximum absolute atomic E-state index is 12.5. The lowest BCUT2D eigenvalue weighted by Crippen LogP contribution is -2.13. The molecule has 29 heavy (non-hydrogen) atoms.